The van der Waals surface area contributed by atoms with E-state index < -0.39 is 5.54 Å². The fourth-order valence-electron chi connectivity index (χ4n) is 2.27. The third kappa shape index (κ3) is 6.66. The molecule has 0 amide bonds. The molecule has 0 rings (SSSR count). The molecule has 0 saturated heterocycles. The van der Waals surface area contributed by atoms with Gasteiger partial charge >= 0.3 is 0 Å². The van der Waals surface area contributed by atoms with E-state index in [2.05, 4.69) is 18.7 Å². The van der Waals surface area contributed by atoms with Crippen molar-refractivity contribution in [3.8, 4) is 0 Å². The van der Waals surface area contributed by atoms with Crippen molar-refractivity contribution < 1.29 is 14.6 Å². The van der Waals surface area contributed by atoms with Crippen LogP contribution in [0.1, 0.15) is 27.2 Å². The Morgan fingerprint density at radius 2 is 1.83 bits per heavy atom. The van der Waals surface area contributed by atoms with Crippen molar-refractivity contribution in [1.82, 2.24) is 4.90 Å². The van der Waals surface area contributed by atoms with Crippen LogP contribution < -0.4 is 5.73 Å². The van der Waals surface area contributed by atoms with Gasteiger partial charge in [0.25, 0.3) is 0 Å². The molecular formula is C13H30N2O3. The van der Waals surface area contributed by atoms with Crippen LogP contribution >= 0.6 is 0 Å². The lowest BCUT2D eigenvalue weighted by atomic mass is 9.94. The Morgan fingerprint density at radius 1 is 1.22 bits per heavy atom. The van der Waals surface area contributed by atoms with Crippen molar-refractivity contribution in [3.63, 3.8) is 0 Å². The van der Waals surface area contributed by atoms with Crippen LogP contribution in [-0.2, 0) is 9.47 Å². The number of nitrogens with zero attached hydrogens (tertiary/aromatic N) is 1. The van der Waals surface area contributed by atoms with Crippen molar-refractivity contribution in [1.29, 1.82) is 0 Å². The highest BCUT2D eigenvalue weighted by Crippen LogP contribution is 2.16. The highest BCUT2D eigenvalue weighted by atomic mass is 16.5. The second-order valence-electron chi connectivity index (χ2n) is 5.40. The van der Waals surface area contributed by atoms with E-state index in [1.807, 2.05) is 6.92 Å². The van der Waals surface area contributed by atoms with Crippen LogP contribution in [0.15, 0.2) is 0 Å². The van der Waals surface area contributed by atoms with Gasteiger partial charge in [0.15, 0.2) is 0 Å². The molecule has 5 nitrogen and oxygen atoms in total. The Morgan fingerprint density at radius 3 is 2.28 bits per heavy atom. The summed E-state index contributed by atoms with van der Waals surface area (Å²) in [6.45, 7) is 8.31. The molecule has 3 N–H and O–H groups in total. The number of aliphatic hydroxyl groups excluding tert-OH is 1. The number of ether oxygens (including phenoxy) is 2. The van der Waals surface area contributed by atoms with Crippen molar-refractivity contribution in [2.45, 2.75) is 44.8 Å². The molecule has 0 saturated carbocycles. The Labute approximate surface area is 111 Å². The molecule has 5 heteroatoms. The molecular weight excluding hydrogens is 232 g/mol. The molecule has 0 aliphatic heterocycles. The van der Waals surface area contributed by atoms with E-state index >= 15 is 0 Å². The zero-order valence-electron chi connectivity index (χ0n) is 12.5. The van der Waals surface area contributed by atoms with Gasteiger partial charge in [0.05, 0.1) is 19.8 Å². The Balaban J connectivity index is 4.52. The van der Waals surface area contributed by atoms with Gasteiger partial charge in [-0.25, -0.2) is 0 Å². The lowest BCUT2D eigenvalue weighted by Crippen LogP contribution is -2.51. The monoisotopic (exact) mass is 262 g/mol. The predicted molar refractivity (Wildman–Crippen MR) is 73.7 cm³/mol. The standard InChI is InChI=1S/C13H30N2O3/c1-11(8-13(3,14)10-16)15(6-7-17-4)12(2)9-18-5/h11-12,16H,6-10,14H2,1-5H3. The van der Waals surface area contributed by atoms with Crippen molar-refractivity contribution in [3.05, 3.63) is 0 Å². The minimum absolute atomic E-state index is 0.00584. The maximum Gasteiger partial charge on any atom is 0.0615 e. The van der Waals surface area contributed by atoms with Gasteiger partial charge in [-0.3, -0.25) is 4.90 Å². The Bertz CT molecular complexity index is 212. The average Bonchev–Trinajstić information content (AvgIpc) is 2.29. The molecule has 3 atom stereocenters. The zero-order chi connectivity index (χ0) is 14.2. The van der Waals surface area contributed by atoms with Gasteiger partial charge in [0, 0.05) is 38.4 Å². The van der Waals surface area contributed by atoms with Crippen LogP contribution in [-0.4, -0.2) is 68.2 Å². The first-order valence-corrected chi connectivity index (χ1v) is 6.51. The van der Waals surface area contributed by atoms with Gasteiger partial charge in [-0.05, 0) is 27.2 Å². The summed E-state index contributed by atoms with van der Waals surface area (Å²) in [4.78, 5) is 2.31. The highest BCUT2D eigenvalue weighted by molar-refractivity contribution is 4.85. The summed E-state index contributed by atoms with van der Waals surface area (Å²) < 4.78 is 10.4. The quantitative estimate of drug-likeness (QED) is 0.598. The number of methoxy groups -OCH3 is 2. The van der Waals surface area contributed by atoms with Crippen molar-refractivity contribution in [2.24, 2.45) is 5.73 Å². The molecule has 0 aliphatic rings. The Hall–Kier alpha value is -0.200. The van der Waals surface area contributed by atoms with E-state index in [4.69, 9.17) is 15.2 Å². The summed E-state index contributed by atoms with van der Waals surface area (Å²) in [6.07, 6.45) is 0.737. The highest BCUT2D eigenvalue weighted by Gasteiger charge is 2.26. The van der Waals surface area contributed by atoms with Crippen molar-refractivity contribution >= 4 is 0 Å². The molecule has 0 aromatic heterocycles. The van der Waals surface area contributed by atoms with E-state index in [-0.39, 0.29) is 12.6 Å². The Kier molecular flexibility index (Phi) is 8.73. The van der Waals surface area contributed by atoms with E-state index in [1.165, 1.54) is 0 Å². The summed E-state index contributed by atoms with van der Waals surface area (Å²) in [6, 6.07) is 0.571. The first-order chi connectivity index (χ1) is 8.37. The average molecular weight is 262 g/mol. The normalized spacial score (nSPS) is 18.7. The lowest BCUT2D eigenvalue weighted by Gasteiger charge is -2.37. The summed E-state index contributed by atoms with van der Waals surface area (Å²) in [5.74, 6) is 0. The maximum absolute atomic E-state index is 9.25. The van der Waals surface area contributed by atoms with Gasteiger partial charge in [0.1, 0.15) is 0 Å². The first kappa shape index (κ1) is 17.8. The van der Waals surface area contributed by atoms with E-state index in [0.717, 1.165) is 13.0 Å². The molecule has 0 bridgehead atoms. The predicted octanol–water partition coefficient (Wildman–Crippen LogP) is 0.458. The molecule has 0 aliphatic carbocycles. The topological polar surface area (TPSA) is 68.0 Å². The molecule has 18 heavy (non-hydrogen) atoms. The third-order valence-electron chi connectivity index (χ3n) is 3.22. The molecule has 0 aromatic carbocycles. The minimum atomic E-state index is -0.544. The summed E-state index contributed by atoms with van der Waals surface area (Å²) in [5.41, 5.74) is 5.47. The number of hydrogen-bond acceptors (Lipinski definition) is 5. The number of aliphatic hydroxyl groups is 1. The summed E-state index contributed by atoms with van der Waals surface area (Å²) in [7, 11) is 3.40. The van der Waals surface area contributed by atoms with E-state index in [9.17, 15) is 5.11 Å². The second kappa shape index (κ2) is 8.82. The molecule has 110 valence electrons. The van der Waals surface area contributed by atoms with Crippen LogP contribution in [0.4, 0.5) is 0 Å². The van der Waals surface area contributed by atoms with Gasteiger partial charge in [0.2, 0.25) is 0 Å². The molecule has 0 spiro atoms. The van der Waals surface area contributed by atoms with E-state index in [1.54, 1.807) is 14.2 Å². The van der Waals surface area contributed by atoms with Crippen molar-refractivity contribution in [2.75, 3.05) is 40.6 Å². The second-order valence-corrected chi connectivity index (χ2v) is 5.40. The van der Waals surface area contributed by atoms with Crippen LogP contribution in [0.5, 0.6) is 0 Å². The third-order valence-corrected chi connectivity index (χ3v) is 3.22. The van der Waals surface area contributed by atoms with Crippen LogP contribution in [0.2, 0.25) is 0 Å². The minimum Gasteiger partial charge on any atom is -0.394 e. The van der Waals surface area contributed by atoms with Crippen LogP contribution in [0, 0.1) is 0 Å². The fraction of sp³-hybridized carbons (Fsp3) is 1.00. The number of nitrogens with two attached hydrogens (primary N) is 1. The number of hydrogen-bond donors (Lipinski definition) is 2. The zero-order valence-corrected chi connectivity index (χ0v) is 12.5. The number of rotatable bonds is 10. The molecule has 0 fully saturated rings. The summed E-state index contributed by atoms with van der Waals surface area (Å²) >= 11 is 0. The van der Waals surface area contributed by atoms with Crippen LogP contribution in [0.3, 0.4) is 0 Å². The molecule has 0 aromatic rings. The van der Waals surface area contributed by atoms with Gasteiger partial charge in [-0.15, -0.1) is 0 Å². The summed E-state index contributed by atoms with van der Waals surface area (Å²) in [5, 5.41) is 9.25. The van der Waals surface area contributed by atoms with Gasteiger partial charge in [-0.2, -0.15) is 0 Å². The largest absolute Gasteiger partial charge is 0.394 e. The fourth-order valence-corrected chi connectivity index (χ4v) is 2.27. The first-order valence-electron chi connectivity index (χ1n) is 6.51. The maximum atomic E-state index is 9.25. The SMILES string of the molecule is COCCN(C(C)COC)C(C)CC(C)(N)CO. The molecule has 3 unspecified atom stereocenters. The van der Waals surface area contributed by atoms with Crippen LogP contribution in [0.25, 0.3) is 0 Å². The smallest absolute Gasteiger partial charge is 0.0615 e. The van der Waals surface area contributed by atoms with Gasteiger partial charge in [-0.1, -0.05) is 0 Å². The molecule has 0 heterocycles. The van der Waals surface area contributed by atoms with E-state index in [0.29, 0.717) is 19.3 Å². The lowest BCUT2D eigenvalue weighted by molar-refractivity contribution is 0.0390. The van der Waals surface area contributed by atoms with Gasteiger partial charge < -0.3 is 20.3 Å². The molecule has 0 radical (unpaired) electrons.